The van der Waals surface area contributed by atoms with Gasteiger partial charge < -0.3 is 4.74 Å². The number of hydrogen-bond acceptors (Lipinski definition) is 5. The summed E-state index contributed by atoms with van der Waals surface area (Å²) in [4.78, 5) is 14.6. The molecule has 134 valence electrons. The lowest BCUT2D eigenvalue weighted by molar-refractivity contribution is -0.384. The number of aromatic amines is 1. The Labute approximate surface area is 151 Å². The number of benzene rings is 2. The van der Waals surface area contributed by atoms with Crippen molar-refractivity contribution in [2.24, 2.45) is 0 Å². The Balaban J connectivity index is 1.65. The first-order valence-electron chi connectivity index (χ1n) is 8.22. The Kier molecular flexibility index (Phi) is 4.71. The molecule has 1 aromatic heterocycles. The van der Waals surface area contributed by atoms with Gasteiger partial charge in [-0.15, -0.1) is 0 Å². The second-order valence-electron chi connectivity index (χ2n) is 6.97. The van der Waals surface area contributed by atoms with E-state index in [-0.39, 0.29) is 17.7 Å². The van der Waals surface area contributed by atoms with Gasteiger partial charge in [-0.1, -0.05) is 45.0 Å². The number of hydrogen-bond donors (Lipinski definition) is 1. The van der Waals surface area contributed by atoms with Crippen molar-refractivity contribution in [2.75, 3.05) is 0 Å². The summed E-state index contributed by atoms with van der Waals surface area (Å²) in [6, 6.07) is 14.1. The van der Waals surface area contributed by atoms with Crippen LogP contribution in [0.2, 0.25) is 0 Å². The highest BCUT2D eigenvalue weighted by molar-refractivity contribution is 5.55. The van der Waals surface area contributed by atoms with Crippen LogP contribution in [0.5, 0.6) is 5.75 Å². The molecule has 1 heterocycles. The van der Waals surface area contributed by atoms with Gasteiger partial charge >= 0.3 is 0 Å². The molecule has 2 aromatic carbocycles. The van der Waals surface area contributed by atoms with Gasteiger partial charge in [0.1, 0.15) is 12.4 Å². The Hall–Kier alpha value is -3.22. The van der Waals surface area contributed by atoms with Gasteiger partial charge in [-0.05, 0) is 23.1 Å². The Morgan fingerprint density at radius 1 is 1.08 bits per heavy atom. The number of nitro groups is 1. The number of rotatable bonds is 5. The zero-order valence-corrected chi connectivity index (χ0v) is 14.9. The molecule has 7 nitrogen and oxygen atoms in total. The highest BCUT2D eigenvalue weighted by Gasteiger charge is 2.14. The lowest BCUT2D eigenvalue weighted by Crippen LogP contribution is -2.10. The minimum Gasteiger partial charge on any atom is -0.486 e. The van der Waals surface area contributed by atoms with Crippen LogP contribution >= 0.6 is 0 Å². The van der Waals surface area contributed by atoms with E-state index in [1.54, 1.807) is 12.1 Å². The van der Waals surface area contributed by atoms with E-state index in [1.165, 1.54) is 17.7 Å². The number of nitro benzene ring substituents is 1. The van der Waals surface area contributed by atoms with E-state index in [0.29, 0.717) is 17.4 Å². The highest BCUT2D eigenvalue weighted by atomic mass is 16.6. The number of nitrogens with one attached hydrogen (secondary N) is 1. The van der Waals surface area contributed by atoms with E-state index in [9.17, 15) is 10.1 Å². The van der Waals surface area contributed by atoms with Crippen molar-refractivity contribution in [1.82, 2.24) is 15.2 Å². The molecule has 1 N–H and O–H groups in total. The molecule has 0 saturated carbocycles. The van der Waals surface area contributed by atoms with E-state index in [0.717, 1.165) is 5.56 Å². The maximum absolute atomic E-state index is 10.6. The molecule has 26 heavy (non-hydrogen) atoms. The summed E-state index contributed by atoms with van der Waals surface area (Å²) < 4.78 is 5.58. The Morgan fingerprint density at radius 3 is 2.31 bits per heavy atom. The lowest BCUT2D eigenvalue weighted by atomic mass is 9.87. The maximum Gasteiger partial charge on any atom is 0.269 e. The SMILES string of the molecule is CC(C)(C)c1ccc(-c2n[nH]c(COc3ccc([N+](=O)[O-])cc3)n2)cc1. The molecular weight excluding hydrogens is 332 g/mol. The fraction of sp³-hybridized carbons (Fsp3) is 0.263. The van der Waals surface area contributed by atoms with Crippen molar-refractivity contribution in [3.05, 3.63) is 70.0 Å². The topological polar surface area (TPSA) is 93.9 Å². The molecule has 0 aliphatic carbocycles. The number of H-pyrrole nitrogens is 1. The van der Waals surface area contributed by atoms with Gasteiger partial charge in [0.05, 0.1) is 4.92 Å². The standard InChI is InChI=1S/C19H20N4O3/c1-19(2,3)14-6-4-13(5-7-14)18-20-17(21-22-18)12-26-16-10-8-15(9-11-16)23(24)25/h4-11H,12H2,1-3H3,(H,20,21,22). The lowest BCUT2D eigenvalue weighted by Gasteiger charge is -2.18. The van der Waals surface area contributed by atoms with E-state index in [4.69, 9.17) is 4.74 Å². The van der Waals surface area contributed by atoms with Crippen LogP contribution in [0.4, 0.5) is 5.69 Å². The van der Waals surface area contributed by atoms with Crippen LogP contribution in [0, 0.1) is 10.1 Å². The first-order valence-corrected chi connectivity index (χ1v) is 8.22. The molecule has 3 aromatic rings. The maximum atomic E-state index is 10.6. The van der Waals surface area contributed by atoms with Crippen LogP contribution in [-0.2, 0) is 12.0 Å². The van der Waals surface area contributed by atoms with Crippen LogP contribution in [0.1, 0.15) is 32.2 Å². The largest absolute Gasteiger partial charge is 0.486 e. The number of non-ortho nitro benzene ring substituents is 1. The summed E-state index contributed by atoms with van der Waals surface area (Å²) >= 11 is 0. The molecule has 7 heteroatoms. The minimum absolute atomic E-state index is 0.0259. The van der Waals surface area contributed by atoms with E-state index in [2.05, 4.69) is 48.1 Å². The van der Waals surface area contributed by atoms with Crippen LogP contribution in [0.25, 0.3) is 11.4 Å². The van der Waals surface area contributed by atoms with Gasteiger partial charge in [-0.3, -0.25) is 15.2 Å². The highest BCUT2D eigenvalue weighted by Crippen LogP contribution is 2.25. The zero-order chi connectivity index (χ0) is 18.7. The monoisotopic (exact) mass is 352 g/mol. The second-order valence-corrected chi connectivity index (χ2v) is 6.97. The summed E-state index contributed by atoms with van der Waals surface area (Å²) in [6.45, 7) is 6.71. The minimum atomic E-state index is -0.447. The molecule has 0 saturated heterocycles. The number of aromatic nitrogens is 3. The molecule has 0 atom stereocenters. The van der Waals surface area contributed by atoms with Gasteiger partial charge in [0.15, 0.2) is 11.6 Å². The molecule has 0 bridgehead atoms. The van der Waals surface area contributed by atoms with Crippen molar-refractivity contribution in [3.8, 4) is 17.1 Å². The first kappa shape index (κ1) is 17.6. The molecule has 0 spiro atoms. The summed E-state index contributed by atoms with van der Waals surface area (Å²) in [5.74, 6) is 1.72. The molecule has 0 aliphatic rings. The van der Waals surface area contributed by atoms with E-state index < -0.39 is 4.92 Å². The smallest absolute Gasteiger partial charge is 0.269 e. The van der Waals surface area contributed by atoms with Crippen molar-refractivity contribution < 1.29 is 9.66 Å². The van der Waals surface area contributed by atoms with E-state index >= 15 is 0 Å². The second kappa shape index (κ2) is 6.95. The summed E-state index contributed by atoms with van der Waals surface area (Å²) in [6.07, 6.45) is 0. The third-order valence-corrected chi connectivity index (χ3v) is 3.96. The third kappa shape index (κ3) is 4.05. The van der Waals surface area contributed by atoms with Crippen molar-refractivity contribution in [1.29, 1.82) is 0 Å². The first-order chi connectivity index (χ1) is 12.3. The molecule has 0 amide bonds. The fourth-order valence-corrected chi connectivity index (χ4v) is 2.42. The predicted octanol–water partition coefficient (Wildman–Crippen LogP) is 4.26. The third-order valence-electron chi connectivity index (χ3n) is 3.96. The molecule has 0 aliphatic heterocycles. The average Bonchev–Trinajstić information content (AvgIpc) is 3.09. The van der Waals surface area contributed by atoms with Crippen LogP contribution in [0.3, 0.4) is 0 Å². The quantitative estimate of drug-likeness (QED) is 0.547. The van der Waals surface area contributed by atoms with Gasteiger partial charge in [0, 0.05) is 17.7 Å². The zero-order valence-electron chi connectivity index (χ0n) is 14.9. The predicted molar refractivity (Wildman–Crippen MR) is 97.9 cm³/mol. The van der Waals surface area contributed by atoms with Gasteiger partial charge in [0.25, 0.3) is 5.69 Å². The number of ether oxygens (including phenoxy) is 1. The van der Waals surface area contributed by atoms with Crippen LogP contribution < -0.4 is 4.74 Å². The summed E-state index contributed by atoms with van der Waals surface area (Å²) in [5, 5.41) is 17.7. The molecule has 3 rings (SSSR count). The van der Waals surface area contributed by atoms with Crippen LogP contribution in [-0.4, -0.2) is 20.1 Å². The Morgan fingerprint density at radius 2 is 1.73 bits per heavy atom. The molecule has 0 unspecified atom stereocenters. The van der Waals surface area contributed by atoms with Crippen molar-refractivity contribution >= 4 is 5.69 Å². The van der Waals surface area contributed by atoms with E-state index in [1.807, 2.05) is 12.1 Å². The normalized spacial score (nSPS) is 11.3. The van der Waals surface area contributed by atoms with Crippen molar-refractivity contribution in [2.45, 2.75) is 32.8 Å². The Bertz CT molecular complexity index is 894. The van der Waals surface area contributed by atoms with Crippen molar-refractivity contribution in [3.63, 3.8) is 0 Å². The van der Waals surface area contributed by atoms with Gasteiger partial charge in [-0.2, -0.15) is 5.10 Å². The summed E-state index contributed by atoms with van der Waals surface area (Å²) in [5.41, 5.74) is 2.30. The molecule has 0 radical (unpaired) electrons. The molecular formula is C19H20N4O3. The summed E-state index contributed by atoms with van der Waals surface area (Å²) in [7, 11) is 0. The van der Waals surface area contributed by atoms with Crippen LogP contribution in [0.15, 0.2) is 48.5 Å². The van der Waals surface area contributed by atoms with Gasteiger partial charge in [0.2, 0.25) is 0 Å². The number of nitrogens with zero attached hydrogens (tertiary/aromatic N) is 3. The van der Waals surface area contributed by atoms with Gasteiger partial charge in [-0.25, -0.2) is 4.98 Å². The average molecular weight is 352 g/mol. The molecule has 0 fully saturated rings. The fourth-order valence-electron chi connectivity index (χ4n) is 2.42.